The Morgan fingerprint density at radius 1 is 1.43 bits per heavy atom. The SMILES string of the molecule is CC(=O)N(CCc1noc(C(C)C)n1)C1CCCN(Cc2cn(C)nc2C)C1. The lowest BCUT2D eigenvalue weighted by atomic mass is 10.0. The topological polar surface area (TPSA) is 80.3 Å². The van der Waals surface area contributed by atoms with Crippen LogP contribution in [0, 0.1) is 6.92 Å². The van der Waals surface area contributed by atoms with Gasteiger partial charge in [-0.3, -0.25) is 14.4 Å². The fourth-order valence-electron chi connectivity index (χ4n) is 3.90. The molecule has 8 nitrogen and oxygen atoms in total. The first-order valence-electron chi connectivity index (χ1n) is 10.1. The van der Waals surface area contributed by atoms with E-state index in [9.17, 15) is 4.79 Å². The molecule has 0 aromatic carbocycles. The molecule has 28 heavy (non-hydrogen) atoms. The van der Waals surface area contributed by atoms with Gasteiger partial charge in [-0.05, 0) is 26.3 Å². The first-order valence-corrected chi connectivity index (χ1v) is 10.1. The number of piperidine rings is 1. The van der Waals surface area contributed by atoms with Gasteiger partial charge in [-0.25, -0.2) is 0 Å². The number of aryl methyl sites for hydroxylation is 2. The number of rotatable bonds is 7. The van der Waals surface area contributed by atoms with Crippen LogP contribution >= 0.6 is 0 Å². The van der Waals surface area contributed by atoms with Crippen LogP contribution in [-0.4, -0.2) is 61.3 Å². The summed E-state index contributed by atoms with van der Waals surface area (Å²) < 4.78 is 7.15. The van der Waals surface area contributed by atoms with Gasteiger partial charge in [0.15, 0.2) is 5.82 Å². The van der Waals surface area contributed by atoms with Crippen molar-refractivity contribution in [2.75, 3.05) is 19.6 Å². The quantitative estimate of drug-likeness (QED) is 0.724. The second kappa shape index (κ2) is 8.86. The predicted molar refractivity (Wildman–Crippen MR) is 106 cm³/mol. The Morgan fingerprint density at radius 3 is 2.82 bits per heavy atom. The summed E-state index contributed by atoms with van der Waals surface area (Å²) in [6.45, 7) is 11.2. The van der Waals surface area contributed by atoms with Crippen molar-refractivity contribution in [3.8, 4) is 0 Å². The number of aromatic nitrogens is 4. The average Bonchev–Trinajstić information content (AvgIpc) is 3.22. The van der Waals surface area contributed by atoms with Crippen LogP contribution in [-0.2, 0) is 24.8 Å². The van der Waals surface area contributed by atoms with Gasteiger partial charge in [-0.1, -0.05) is 19.0 Å². The van der Waals surface area contributed by atoms with E-state index in [1.807, 2.05) is 30.5 Å². The lowest BCUT2D eigenvalue weighted by Gasteiger charge is -2.39. The van der Waals surface area contributed by atoms with Crippen molar-refractivity contribution in [2.45, 2.75) is 65.5 Å². The Balaban J connectivity index is 1.60. The smallest absolute Gasteiger partial charge is 0.229 e. The third-order valence-corrected chi connectivity index (χ3v) is 5.39. The van der Waals surface area contributed by atoms with E-state index in [0.29, 0.717) is 24.7 Å². The van der Waals surface area contributed by atoms with Crippen molar-refractivity contribution in [1.29, 1.82) is 0 Å². The van der Waals surface area contributed by atoms with Crippen molar-refractivity contribution in [2.24, 2.45) is 7.05 Å². The fraction of sp³-hybridized carbons (Fsp3) is 0.700. The molecule has 2 aromatic heterocycles. The predicted octanol–water partition coefficient (Wildman–Crippen LogP) is 2.29. The lowest BCUT2D eigenvalue weighted by molar-refractivity contribution is -0.132. The standard InChI is InChI=1S/C20H32N6O2/c1-14(2)20-21-19(23-28-20)8-10-26(16(4)27)18-7-6-9-25(13-18)12-17-11-24(5)22-15(17)3/h11,14,18H,6-10,12-13H2,1-5H3. The van der Waals surface area contributed by atoms with Crippen molar-refractivity contribution in [3.05, 3.63) is 29.2 Å². The molecule has 1 unspecified atom stereocenters. The summed E-state index contributed by atoms with van der Waals surface area (Å²) in [6, 6.07) is 0.222. The first-order chi connectivity index (χ1) is 13.3. The number of carbonyl (C=O) groups excluding carboxylic acids is 1. The largest absolute Gasteiger partial charge is 0.339 e. The molecule has 1 amide bonds. The summed E-state index contributed by atoms with van der Waals surface area (Å²) in [4.78, 5) is 21.2. The van der Waals surface area contributed by atoms with Crippen LogP contribution in [0.5, 0.6) is 0 Å². The zero-order chi connectivity index (χ0) is 20.3. The van der Waals surface area contributed by atoms with E-state index in [1.165, 1.54) is 5.56 Å². The minimum Gasteiger partial charge on any atom is -0.339 e. The van der Waals surface area contributed by atoms with Crippen molar-refractivity contribution in [3.63, 3.8) is 0 Å². The van der Waals surface area contributed by atoms with Crippen LogP contribution in [0.2, 0.25) is 0 Å². The Hall–Kier alpha value is -2.22. The van der Waals surface area contributed by atoms with Crippen molar-refractivity contribution < 1.29 is 9.32 Å². The minimum atomic E-state index is 0.108. The number of carbonyl (C=O) groups is 1. The normalized spacial score (nSPS) is 18.0. The summed E-state index contributed by atoms with van der Waals surface area (Å²) in [5.41, 5.74) is 2.33. The molecular weight excluding hydrogens is 356 g/mol. The Kier molecular flexibility index (Phi) is 6.49. The van der Waals surface area contributed by atoms with Crippen LogP contribution in [0.3, 0.4) is 0 Å². The van der Waals surface area contributed by atoms with Crippen molar-refractivity contribution in [1.82, 2.24) is 29.7 Å². The van der Waals surface area contributed by atoms with E-state index in [4.69, 9.17) is 4.52 Å². The summed E-state index contributed by atoms with van der Waals surface area (Å²) in [5, 5.41) is 8.49. The van der Waals surface area contributed by atoms with Crippen LogP contribution < -0.4 is 0 Å². The Bertz CT molecular complexity index is 796. The van der Waals surface area contributed by atoms with Gasteiger partial charge in [-0.15, -0.1) is 0 Å². The number of likely N-dealkylation sites (tertiary alicyclic amines) is 1. The maximum absolute atomic E-state index is 12.3. The Morgan fingerprint density at radius 2 is 2.21 bits per heavy atom. The third kappa shape index (κ3) is 4.98. The average molecular weight is 389 g/mol. The van der Waals surface area contributed by atoms with Gasteiger partial charge in [0.25, 0.3) is 0 Å². The van der Waals surface area contributed by atoms with E-state index < -0.39 is 0 Å². The molecule has 0 saturated carbocycles. The summed E-state index contributed by atoms with van der Waals surface area (Å²) in [6.07, 6.45) is 4.83. The highest BCUT2D eigenvalue weighted by Gasteiger charge is 2.27. The van der Waals surface area contributed by atoms with Gasteiger partial charge in [0.2, 0.25) is 11.8 Å². The molecule has 0 radical (unpaired) electrons. The van der Waals surface area contributed by atoms with Crippen LogP contribution in [0.25, 0.3) is 0 Å². The number of nitrogens with zero attached hydrogens (tertiary/aromatic N) is 6. The minimum absolute atomic E-state index is 0.108. The van der Waals surface area contributed by atoms with Crippen LogP contribution in [0.15, 0.2) is 10.7 Å². The molecule has 1 aliphatic rings. The van der Waals surface area contributed by atoms with E-state index in [0.717, 1.165) is 38.2 Å². The molecular formula is C20H32N6O2. The fourth-order valence-corrected chi connectivity index (χ4v) is 3.90. The molecule has 8 heteroatoms. The molecule has 1 saturated heterocycles. The maximum atomic E-state index is 12.3. The van der Waals surface area contributed by atoms with Gasteiger partial charge >= 0.3 is 0 Å². The van der Waals surface area contributed by atoms with E-state index in [2.05, 4.69) is 33.3 Å². The van der Waals surface area contributed by atoms with Crippen molar-refractivity contribution >= 4 is 5.91 Å². The Labute approximate surface area is 166 Å². The highest BCUT2D eigenvalue weighted by molar-refractivity contribution is 5.73. The highest BCUT2D eigenvalue weighted by Crippen LogP contribution is 2.20. The first kappa shape index (κ1) is 20.5. The summed E-state index contributed by atoms with van der Waals surface area (Å²) >= 11 is 0. The maximum Gasteiger partial charge on any atom is 0.229 e. The molecule has 3 rings (SSSR count). The highest BCUT2D eigenvalue weighted by atomic mass is 16.5. The molecule has 0 spiro atoms. The third-order valence-electron chi connectivity index (χ3n) is 5.39. The molecule has 0 bridgehead atoms. The second-order valence-electron chi connectivity index (χ2n) is 8.11. The molecule has 1 fully saturated rings. The molecule has 0 N–H and O–H groups in total. The second-order valence-corrected chi connectivity index (χ2v) is 8.11. The number of hydrogen-bond donors (Lipinski definition) is 0. The molecule has 2 aromatic rings. The van der Waals surface area contributed by atoms with Gasteiger partial charge < -0.3 is 9.42 Å². The summed E-state index contributed by atoms with van der Waals surface area (Å²) in [5.74, 6) is 1.65. The zero-order valence-electron chi connectivity index (χ0n) is 17.7. The van der Waals surface area contributed by atoms with E-state index >= 15 is 0 Å². The summed E-state index contributed by atoms with van der Waals surface area (Å²) in [7, 11) is 1.95. The molecule has 0 aliphatic carbocycles. The van der Waals surface area contributed by atoms with E-state index in [-0.39, 0.29) is 17.9 Å². The molecule has 154 valence electrons. The zero-order valence-corrected chi connectivity index (χ0v) is 17.7. The van der Waals surface area contributed by atoms with Crippen LogP contribution in [0.4, 0.5) is 0 Å². The van der Waals surface area contributed by atoms with Gasteiger partial charge in [0.05, 0.1) is 5.69 Å². The number of amides is 1. The molecule has 1 atom stereocenters. The van der Waals surface area contributed by atoms with Crippen LogP contribution in [0.1, 0.15) is 62.5 Å². The van der Waals surface area contributed by atoms with Gasteiger partial charge in [0.1, 0.15) is 0 Å². The molecule has 3 heterocycles. The lowest BCUT2D eigenvalue weighted by Crippen LogP contribution is -2.50. The molecule has 1 aliphatic heterocycles. The van der Waals surface area contributed by atoms with Gasteiger partial charge in [-0.2, -0.15) is 10.1 Å². The number of hydrogen-bond acceptors (Lipinski definition) is 6. The monoisotopic (exact) mass is 388 g/mol. The van der Waals surface area contributed by atoms with Gasteiger partial charge in [0, 0.05) is 63.7 Å². The van der Waals surface area contributed by atoms with E-state index in [1.54, 1.807) is 6.92 Å².